The zero-order valence-electron chi connectivity index (χ0n) is 16.5. The Hall–Kier alpha value is -2.59. The van der Waals surface area contributed by atoms with Crippen LogP contribution < -0.4 is 15.5 Å². The summed E-state index contributed by atoms with van der Waals surface area (Å²) in [5, 5.41) is 7.92. The molecule has 0 saturated heterocycles. The lowest BCUT2D eigenvalue weighted by molar-refractivity contribution is 0.781. The van der Waals surface area contributed by atoms with Gasteiger partial charge in [0.2, 0.25) is 0 Å². The van der Waals surface area contributed by atoms with Gasteiger partial charge in [0.15, 0.2) is 0 Å². The van der Waals surface area contributed by atoms with Crippen molar-refractivity contribution in [2.24, 2.45) is 0 Å². The average molecular weight is 363 g/mol. The minimum atomic E-state index is 0.886. The second-order valence-corrected chi connectivity index (χ2v) is 7.08. The largest absolute Gasteiger partial charge is 0.383 e. The molecular formula is C23H30N4. The van der Waals surface area contributed by atoms with Gasteiger partial charge in [-0.3, -0.25) is 0 Å². The van der Waals surface area contributed by atoms with Gasteiger partial charge in [0.25, 0.3) is 0 Å². The number of fused-ring (bicyclic) bond motifs is 1. The van der Waals surface area contributed by atoms with Crippen LogP contribution in [0.4, 0.5) is 11.5 Å². The Balaban J connectivity index is 1.86. The molecule has 2 N–H and O–H groups in total. The molecule has 0 amide bonds. The summed E-state index contributed by atoms with van der Waals surface area (Å²) >= 11 is 0. The van der Waals surface area contributed by atoms with Gasteiger partial charge in [0, 0.05) is 43.3 Å². The van der Waals surface area contributed by atoms with Crippen LogP contribution in [0.25, 0.3) is 10.9 Å². The van der Waals surface area contributed by atoms with E-state index in [2.05, 4.69) is 70.7 Å². The zero-order valence-corrected chi connectivity index (χ0v) is 16.5. The van der Waals surface area contributed by atoms with Crippen molar-refractivity contribution in [1.82, 2.24) is 10.3 Å². The molecule has 1 aliphatic heterocycles. The summed E-state index contributed by atoms with van der Waals surface area (Å²) in [6.07, 6.45) is 8.84. The number of likely N-dealkylation sites (N-methyl/N-ethyl adjacent to an activating group) is 1. The Morgan fingerprint density at radius 3 is 2.96 bits per heavy atom. The standard InChI is InChI=1S/C23H30N4/c1-18(2)10-11-19-7-6-15-27(16-12-19)23-17-22(25-14-13-24-3)20-8-4-5-9-21(20)26-23/h4-5,8-12,17,24H,1,6-7,13-16H2,2-3H3,(H,25,26). The first-order chi connectivity index (χ1) is 13.2. The first-order valence-corrected chi connectivity index (χ1v) is 9.73. The van der Waals surface area contributed by atoms with E-state index in [0.29, 0.717) is 0 Å². The summed E-state index contributed by atoms with van der Waals surface area (Å²) in [5.74, 6) is 1.04. The minimum Gasteiger partial charge on any atom is -0.383 e. The molecule has 4 heteroatoms. The molecule has 142 valence electrons. The van der Waals surface area contributed by atoms with Crippen molar-refractivity contribution in [2.45, 2.75) is 19.8 Å². The summed E-state index contributed by atoms with van der Waals surface area (Å²) in [4.78, 5) is 7.31. The predicted molar refractivity (Wildman–Crippen MR) is 118 cm³/mol. The van der Waals surface area contributed by atoms with Crippen molar-refractivity contribution in [1.29, 1.82) is 0 Å². The Labute approximate surface area is 162 Å². The second-order valence-electron chi connectivity index (χ2n) is 7.08. The van der Waals surface area contributed by atoms with Gasteiger partial charge < -0.3 is 15.5 Å². The maximum Gasteiger partial charge on any atom is 0.131 e. The molecule has 4 nitrogen and oxygen atoms in total. The number of aromatic nitrogens is 1. The highest BCUT2D eigenvalue weighted by molar-refractivity contribution is 5.93. The molecule has 0 spiro atoms. The molecule has 3 rings (SSSR count). The summed E-state index contributed by atoms with van der Waals surface area (Å²) < 4.78 is 0. The number of anilines is 2. The highest BCUT2D eigenvalue weighted by Gasteiger charge is 2.13. The average Bonchev–Trinajstić information content (AvgIpc) is 2.92. The van der Waals surface area contributed by atoms with Crippen molar-refractivity contribution < 1.29 is 0 Å². The summed E-state index contributed by atoms with van der Waals surface area (Å²) in [7, 11) is 1.97. The molecule has 1 aliphatic rings. The van der Waals surface area contributed by atoms with E-state index in [0.717, 1.165) is 61.6 Å². The zero-order chi connectivity index (χ0) is 19.1. The van der Waals surface area contributed by atoms with Crippen LogP contribution >= 0.6 is 0 Å². The van der Waals surface area contributed by atoms with E-state index < -0.39 is 0 Å². The van der Waals surface area contributed by atoms with Gasteiger partial charge >= 0.3 is 0 Å². The molecule has 1 aromatic carbocycles. The number of benzene rings is 1. The third-order valence-electron chi connectivity index (χ3n) is 4.77. The van der Waals surface area contributed by atoms with E-state index >= 15 is 0 Å². The summed E-state index contributed by atoms with van der Waals surface area (Å²) in [6.45, 7) is 9.70. The van der Waals surface area contributed by atoms with Crippen LogP contribution in [0.2, 0.25) is 0 Å². The lowest BCUT2D eigenvalue weighted by Gasteiger charge is -2.22. The molecule has 0 radical (unpaired) electrons. The number of para-hydroxylation sites is 1. The molecule has 2 heterocycles. The van der Waals surface area contributed by atoms with Crippen LogP contribution in [0.5, 0.6) is 0 Å². The highest BCUT2D eigenvalue weighted by Crippen LogP contribution is 2.28. The normalized spacial score (nSPS) is 15.0. The fourth-order valence-corrected chi connectivity index (χ4v) is 3.30. The fourth-order valence-electron chi connectivity index (χ4n) is 3.30. The number of hydrogen-bond acceptors (Lipinski definition) is 4. The van der Waals surface area contributed by atoms with E-state index in [4.69, 9.17) is 4.98 Å². The number of pyridine rings is 1. The van der Waals surface area contributed by atoms with Crippen LogP contribution in [-0.4, -0.2) is 38.2 Å². The first kappa shape index (κ1) is 19.2. The molecule has 0 saturated carbocycles. The van der Waals surface area contributed by atoms with Crippen LogP contribution in [-0.2, 0) is 0 Å². The van der Waals surface area contributed by atoms with Gasteiger partial charge in [-0.1, -0.05) is 54.2 Å². The summed E-state index contributed by atoms with van der Waals surface area (Å²) in [5.41, 5.74) is 4.67. The van der Waals surface area contributed by atoms with Crippen molar-refractivity contribution in [2.75, 3.05) is 43.4 Å². The predicted octanol–water partition coefficient (Wildman–Crippen LogP) is 4.53. The Morgan fingerprint density at radius 1 is 1.30 bits per heavy atom. The number of rotatable bonds is 7. The van der Waals surface area contributed by atoms with Crippen LogP contribution in [0, 0.1) is 0 Å². The van der Waals surface area contributed by atoms with Gasteiger partial charge in [0.05, 0.1) is 5.52 Å². The fraction of sp³-hybridized carbons (Fsp3) is 0.348. The SMILES string of the molecule is C=C(C)C=CC1=CCN(c2cc(NCCNC)c3ccccc3n2)CCC1. The lowest BCUT2D eigenvalue weighted by atomic mass is 10.1. The van der Waals surface area contributed by atoms with E-state index in [1.807, 2.05) is 14.0 Å². The van der Waals surface area contributed by atoms with E-state index in [-0.39, 0.29) is 0 Å². The van der Waals surface area contributed by atoms with Crippen molar-refractivity contribution in [3.8, 4) is 0 Å². The van der Waals surface area contributed by atoms with Crippen molar-refractivity contribution in [3.63, 3.8) is 0 Å². The second kappa shape index (κ2) is 9.38. The Morgan fingerprint density at radius 2 is 2.15 bits per heavy atom. The van der Waals surface area contributed by atoms with E-state index in [1.54, 1.807) is 0 Å². The maximum atomic E-state index is 4.94. The van der Waals surface area contributed by atoms with Gasteiger partial charge in [-0.25, -0.2) is 4.98 Å². The molecule has 0 fully saturated rings. The minimum absolute atomic E-state index is 0.886. The number of hydrogen-bond donors (Lipinski definition) is 2. The molecule has 1 aromatic heterocycles. The topological polar surface area (TPSA) is 40.2 Å². The quantitative estimate of drug-likeness (QED) is 0.561. The third-order valence-corrected chi connectivity index (χ3v) is 4.77. The molecular weight excluding hydrogens is 332 g/mol. The van der Waals surface area contributed by atoms with Crippen LogP contribution in [0.15, 0.2) is 66.3 Å². The van der Waals surface area contributed by atoms with E-state index in [9.17, 15) is 0 Å². The number of allylic oxidation sites excluding steroid dienone is 4. The smallest absolute Gasteiger partial charge is 0.131 e. The molecule has 0 bridgehead atoms. The lowest BCUT2D eigenvalue weighted by Crippen LogP contribution is -2.25. The monoisotopic (exact) mass is 362 g/mol. The van der Waals surface area contributed by atoms with Crippen molar-refractivity contribution >= 4 is 22.4 Å². The highest BCUT2D eigenvalue weighted by atomic mass is 15.2. The van der Waals surface area contributed by atoms with Gasteiger partial charge in [-0.2, -0.15) is 0 Å². The van der Waals surface area contributed by atoms with Crippen molar-refractivity contribution in [3.05, 3.63) is 66.3 Å². The van der Waals surface area contributed by atoms with Crippen LogP contribution in [0.3, 0.4) is 0 Å². The molecule has 2 aromatic rings. The van der Waals surface area contributed by atoms with Crippen LogP contribution in [0.1, 0.15) is 19.8 Å². The molecule has 0 atom stereocenters. The molecule has 27 heavy (non-hydrogen) atoms. The van der Waals surface area contributed by atoms with Gasteiger partial charge in [-0.15, -0.1) is 0 Å². The Bertz CT molecular complexity index is 851. The number of nitrogens with one attached hydrogen (secondary N) is 2. The van der Waals surface area contributed by atoms with Gasteiger partial charge in [0.1, 0.15) is 5.82 Å². The first-order valence-electron chi connectivity index (χ1n) is 9.73. The summed E-state index contributed by atoms with van der Waals surface area (Å²) in [6, 6.07) is 10.6. The molecule has 0 unspecified atom stereocenters. The van der Waals surface area contributed by atoms with E-state index in [1.165, 1.54) is 11.0 Å². The van der Waals surface area contributed by atoms with Gasteiger partial charge in [-0.05, 0) is 32.9 Å². The molecule has 0 aliphatic carbocycles. The number of nitrogens with zero attached hydrogens (tertiary/aromatic N) is 2. The Kier molecular flexibility index (Phi) is 6.66. The third kappa shape index (κ3) is 5.20. The maximum absolute atomic E-state index is 4.94.